The van der Waals surface area contributed by atoms with Crippen LogP contribution in [0.3, 0.4) is 0 Å². The third-order valence-electron chi connectivity index (χ3n) is 4.23. The Balaban J connectivity index is 1.60. The van der Waals surface area contributed by atoms with Crippen molar-refractivity contribution in [3.05, 3.63) is 59.6 Å². The molecule has 148 valence electrons. The number of likely N-dealkylation sites (N-methyl/N-ethyl adjacent to an activating group) is 1. The van der Waals surface area contributed by atoms with Crippen LogP contribution in [0.1, 0.15) is 11.5 Å². The summed E-state index contributed by atoms with van der Waals surface area (Å²) in [4.78, 5) is 23.8. The summed E-state index contributed by atoms with van der Waals surface area (Å²) in [7, 11) is 1.83. The minimum Gasteiger partial charge on any atom is -0.359 e. The summed E-state index contributed by atoms with van der Waals surface area (Å²) < 4.78 is 38.6. The second kappa shape index (κ2) is 7.70. The molecule has 0 spiro atoms. The minimum atomic E-state index is -4.49. The van der Waals surface area contributed by atoms with Crippen molar-refractivity contribution in [3.63, 3.8) is 0 Å². The van der Waals surface area contributed by atoms with Crippen molar-refractivity contribution in [1.29, 1.82) is 0 Å². The van der Waals surface area contributed by atoms with Crippen molar-refractivity contribution >= 4 is 27.4 Å². The highest BCUT2D eigenvalue weighted by Crippen LogP contribution is 2.30. The monoisotopic (exact) mass is 416 g/mol. The molecule has 0 atom stereocenters. The number of rotatable bonds is 5. The molecule has 4 rings (SSSR count). The number of hydrogen-bond donors (Lipinski definition) is 0. The molecule has 0 amide bonds. The maximum absolute atomic E-state index is 12.9. The molecule has 10 heteroatoms. The zero-order chi connectivity index (χ0) is 20.4. The molecule has 0 aliphatic carbocycles. The maximum Gasteiger partial charge on any atom is 0.433 e. The molecule has 6 nitrogen and oxygen atoms in total. The van der Waals surface area contributed by atoms with Crippen molar-refractivity contribution in [2.45, 2.75) is 12.6 Å². The van der Waals surface area contributed by atoms with Gasteiger partial charge in [0.25, 0.3) is 0 Å². The van der Waals surface area contributed by atoms with Gasteiger partial charge in [-0.1, -0.05) is 6.07 Å². The van der Waals surface area contributed by atoms with E-state index in [2.05, 4.69) is 24.9 Å². The molecule has 0 aromatic carbocycles. The highest BCUT2D eigenvalue weighted by molar-refractivity contribution is 7.16. The molecule has 0 unspecified atom stereocenters. The van der Waals surface area contributed by atoms with Crippen LogP contribution in [0.2, 0.25) is 0 Å². The standard InChI is InChI=1S/C19H15F3N6S/c1-28(10-6-15-24-9-5-14(25-15)19(20,21)22)17-12-7-11-29-18(12)27-16(26-17)13-4-2-3-8-23-13/h2-5,7-9,11H,6,10H2,1H3. The van der Waals surface area contributed by atoms with Crippen molar-refractivity contribution in [2.24, 2.45) is 0 Å². The highest BCUT2D eigenvalue weighted by Gasteiger charge is 2.32. The lowest BCUT2D eigenvalue weighted by Gasteiger charge is -2.19. The predicted molar refractivity (Wildman–Crippen MR) is 105 cm³/mol. The fourth-order valence-electron chi connectivity index (χ4n) is 2.79. The third kappa shape index (κ3) is 4.16. The van der Waals surface area contributed by atoms with Crippen molar-refractivity contribution in [2.75, 3.05) is 18.5 Å². The molecule has 0 fully saturated rings. The number of pyridine rings is 1. The number of aromatic nitrogens is 5. The SMILES string of the molecule is CN(CCc1nccc(C(F)(F)F)n1)c1nc(-c2ccccn2)nc2sccc12. The molecule has 29 heavy (non-hydrogen) atoms. The van der Waals surface area contributed by atoms with E-state index >= 15 is 0 Å². The molecule has 0 saturated heterocycles. The molecular formula is C19H15F3N6S. The third-order valence-corrected chi connectivity index (χ3v) is 5.03. The Hall–Kier alpha value is -3.14. The summed E-state index contributed by atoms with van der Waals surface area (Å²) in [6, 6.07) is 8.30. The first-order valence-electron chi connectivity index (χ1n) is 8.69. The van der Waals surface area contributed by atoms with Crippen molar-refractivity contribution < 1.29 is 13.2 Å². The fraction of sp³-hybridized carbons (Fsp3) is 0.211. The Morgan fingerprint density at radius 1 is 1.00 bits per heavy atom. The Kier molecular flexibility index (Phi) is 5.10. The van der Waals surface area contributed by atoms with Gasteiger partial charge in [0, 0.05) is 32.4 Å². The summed E-state index contributed by atoms with van der Waals surface area (Å²) in [6.07, 6.45) is -1.44. The van der Waals surface area contributed by atoms with Gasteiger partial charge in [0.2, 0.25) is 0 Å². The van der Waals surface area contributed by atoms with E-state index in [1.807, 2.05) is 41.6 Å². The normalized spacial score (nSPS) is 11.7. The van der Waals surface area contributed by atoms with Crippen molar-refractivity contribution in [3.8, 4) is 11.5 Å². The first-order chi connectivity index (χ1) is 13.9. The molecule has 4 aromatic heterocycles. The zero-order valence-corrected chi connectivity index (χ0v) is 16.1. The molecule has 4 aromatic rings. The number of alkyl halides is 3. The Bertz CT molecular complexity index is 1130. The van der Waals surface area contributed by atoms with Gasteiger partial charge in [0.15, 0.2) is 5.82 Å². The summed E-state index contributed by atoms with van der Waals surface area (Å²) in [6.45, 7) is 0.394. The van der Waals surface area contributed by atoms with Crippen LogP contribution in [0.4, 0.5) is 19.0 Å². The average Bonchev–Trinajstić information content (AvgIpc) is 3.20. The van der Waals surface area contributed by atoms with Gasteiger partial charge >= 0.3 is 6.18 Å². The molecule has 0 N–H and O–H groups in total. The Morgan fingerprint density at radius 2 is 1.86 bits per heavy atom. The van der Waals surface area contributed by atoms with Gasteiger partial charge in [-0.15, -0.1) is 11.3 Å². The second-order valence-corrected chi connectivity index (χ2v) is 7.15. The van der Waals surface area contributed by atoms with E-state index in [0.717, 1.165) is 22.5 Å². The van der Waals surface area contributed by atoms with Gasteiger partial charge in [-0.2, -0.15) is 13.2 Å². The van der Waals surface area contributed by atoms with Gasteiger partial charge in [-0.3, -0.25) is 4.98 Å². The van der Waals surface area contributed by atoms with Gasteiger partial charge < -0.3 is 4.90 Å². The van der Waals surface area contributed by atoms with E-state index in [0.29, 0.717) is 23.9 Å². The molecule has 4 heterocycles. The van der Waals surface area contributed by atoms with Crippen LogP contribution in [0.25, 0.3) is 21.7 Å². The summed E-state index contributed by atoms with van der Waals surface area (Å²) in [5.41, 5.74) is -0.288. The van der Waals surface area contributed by atoms with Gasteiger partial charge in [0.1, 0.15) is 27.9 Å². The molecule has 0 saturated carbocycles. The quantitative estimate of drug-likeness (QED) is 0.485. The first-order valence-corrected chi connectivity index (χ1v) is 9.56. The minimum absolute atomic E-state index is 0.132. The molecule has 0 aliphatic rings. The van der Waals surface area contributed by atoms with Crippen LogP contribution in [0, 0.1) is 0 Å². The van der Waals surface area contributed by atoms with Crippen LogP contribution < -0.4 is 4.90 Å². The predicted octanol–water partition coefficient (Wildman–Crippen LogP) is 4.24. The fourth-order valence-corrected chi connectivity index (χ4v) is 3.55. The topological polar surface area (TPSA) is 67.7 Å². The number of hydrogen-bond acceptors (Lipinski definition) is 7. The van der Waals surface area contributed by atoms with E-state index in [9.17, 15) is 13.2 Å². The summed E-state index contributed by atoms with van der Waals surface area (Å²) in [5.74, 6) is 1.31. The maximum atomic E-state index is 12.9. The van der Waals surface area contributed by atoms with E-state index in [1.54, 1.807) is 6.20 Å². The number of nitrogens with zero attached hydrogens (tertiary/aromatic N) is 6. The Labute approximate surface area is 168 Å². The molecule has 0 bridgehead atoms. The van der Waals surface area contributed by atoms with Crippen molar-refractivity contribution in [1.82, 2.24) is 24.9 Å². The van der Waals surface area contributed by atoms with Crippen LogP contribution in [-0.4, -0.2) is 38.5 Å². The van der Waals surface area contributed by atoms with Gasteiger partial charge in [-0.05, 0) is 29.6 Å². The summed E-state index contributed by atoms with van der Waals surface area (Å²) in [5, 5.41) is 2.80. The summed E-state index contributed by atoms with van der Waals surface area (Å²) >= 11 is 1.49. The van der Waals surface area contributed by atoms with E-state index in [-0.39, 0.29) is 12.2 Å². The zero-order valence-electron chi connectivity index (χ0n) is 15.3. The van der Waals surface area contributed by atoms with Crippen LogP contribution in [0.15, 0.2) is 48.1 Å². The lowest BCUT2D eigenvalue weighted by atomic mass is 10.3. The molecule has 0 aliphatic heterocycles. The Morgan fingerprint density at radius 3 is 2.62 bits per heavy atom. The average molecular weight is 416 g/mol. The smallest absolute Gasteiger partial charge is 0.359 e. The van der Waals surface area contributed by atoms with Gasteiger partial charge in [-0.25, -0.2) is 19.9 Å². The van der Waals surface area contributed by atoms with Crippen LogP contribution in [0.5, 0.6) is 0 Å². The number of anilines is 1. The number of fused-ring (bicyclic) bond motifs is 1. The second-order valence-electron chi connectivity index (χ2n) is 6.25. The van der Waals surface area contributed by atoms with E-state index < -0.39 is 11.9 Å². The van der Waals surface area contributed by atoms with E-state index in [4.69, 9.17) is 0 Å². The number of halogens is 3. The largest absolute Gasteiger partial charge is 0.433 e. The van der Waals surface area contributed by atoms with E-state index in [1.165, 1.54) is 11.3 Å². The lowest BCUT2D eigenvalue weighted by molar-refractivity contribution is -0.141. The molecular weight excluding hydrogens is 401 g/mol. The van der Waals surface area contributed by atoms with Gasteiger partial charge in [0.05, 0.1) is 5.39 Å². The van der Waals surface area contributed by atoms with Crippen LogP contribution >= 0.6 is 11.3 Å². The van der Waals surface area contributed by atoms with Crippen LogP contribution in [-0.2, 0) is 12.6 Å². The highest BCUT2D eigenvalue weighted by atomic mass is 32.1. The lowest BCUT2D eigenvalue weighted by Crippen LogP contribution is -2.23. The first kappa shape index (κ1) is 19.2. The number of thiophene rings is 1. The molecule has 0 radical (unpaired) electrons.